The van der Waals surface area contributed by atoms with Crippen molar-refractivity contribution < 1.29 is 28.7 Å². The number of β-lactam (4-membered cyclic amide) rings is 1. The average Bonchev–Trinajstić information content (AvgIpc) is 2.92. The van der Waals surface area contributed by atoms with E-state index in [4.69, 9.17) is 0 Å². The lowest BCUT2D eigenvalue weighted by Gasteiger charge is -2.48. The largest absolute Gasteiger partial charge is 0.508 e. The molecule has 0 radical (unpaired) electrons. The van der Waals surface area contributed by atoms with E-state index in [0.717, 1.165) is 12.0 Å². The van der Waals surface area contributed by atoms with Gasteiger partial charge in [-0.05, 0) is 71.9 Å². The number of nitrogens with zero attached hydrogens (tertiary/aromatic N) is 1. The standard InChI is InChI=1S/C31H30FNO5S/c1-19-5-12-24(13-6-19)33-29(26-14-9-22(18-28(26)36)21-3-2-4-25(34)17-21)30(31(33)37)39(38)16-15-27(35)20-7-10-23(32)11-8-20/h2-5,7-14,17-19,27,29-30,34-36H,6,15-16H2,1H3. The van der Waals surface area contributed by atoms with Crippen molar-refractivity contribution in [2.24, 2.45) is 5.92 Å². The number of aliphatic hydroxyl groups excluding tert-OH is 1. The van der Waals surface area contributed by atoms with Gasteiger partial charge in [-0.2, -0.15) is 0 Å². The summed E-state index contributed by atoms with van der Waals surface area (Å²) in [6.45, 7) is 2.08. The maximum absolute atomic E-state index is 13.5. The molecule has 2 aliphatic rings. The van der Waals surface area contributed by atoms with Gasteiger partial charge in [0.05, 0.1) is 12.1 Å². The van der Waals surface area contributed by atoms with Gasteiger partial charge in [0.2, 0.25) is 5.91 Å². The highest BCUT2D eigenvalue weighted by Gasteiger charge is 2.53. The van der Waals surface area contributed by atoms with Crippen molar-refractivity contribution >= 4 is 16.7 Å². The van der Waals surface area contributed by atoms with E-state index in [-0.39, 0.29) is 29.6 Å². The molecule has 0 saturated carbocycles. The van der Waals surface area contributed by atoms with Crippen LogP contribution in [0.5, 0.6) is 11.5 Å². The van der Waals surface area contributed by atoms with Crippen LogP contribution in [0.3, 0.4) is 0 Å². The quantitative estimate of drug-likeness (QED) is 0.323. The number of carbonyl (C=O) groups is 1. The Bertz CT molecular complexity index is 1470. The van der Waals surface area contributed by atoms with Crippen molar-refractivity contribution in [3.05, 3.63) is 108 Å². The molecule has 5 rings (SSSR count). The number of likely N-dealkylation sites (tertiary alicyclic amines) is 1. The molecular formula is C31H30FNO5S. The van der Waals surface area contributed by atoms with Crippen molar-refractivity contribution in [3.63, 3.8) is 0 Å². The third-order valence-corrected chi connectivity index (χ3v) is 8.94. The summed E-state index contributed by atoms with van der Waals surface area (Å²) in [7, 11) is -1.64. The Morgan fingerprint density at radius 2 is 1.79 bits per heavy atom. The van der Waals surface area contributed by atoms with Crippen LogP contribution >= 0.6 is 0 Å². The fourth-order valence-corrected chi connectivity index (χ4v) is 6.67. The predicted octanol–water partition coefficient (Wildman–Crippen LogP) is 5.51. The van der Waals surface area contributed by atoms with E-state index in [1.807, 2.05) is 24.3 Å². The molecule has 3 aromatic rings. The predicted molar refractivity (Wildman–Crippen MR) is 149 cm³/mol. The number of aromatic hydroxyl groups is 2. The number of amides is 1. The number of allylic oxidation sites excluding steroid dienone is 3. The Labute approximate surface area is 229 Å². The minimum Gasteiger partial charge on any atom is -0.508 e. The molecule has 0 aromatic heterocycles. The van der Waals surface area contributed by atoms with Gasteiger partial charge in [0, 0.05) is 27.8 Å². The molecule has 5 atom stereocenters. The maximum atomic E-state index is 13.5. The van der Waals surface area contributed by atoms with E-state index in [1.54, 1.807) is 41.3 Å². The third kappa shape index (κ3) is 5.53. The van der Waals surface area contributed by atoms with E-state index in [9.17, 15) is 28.7 Å². The lowest BCUT2D eigenvalue weighted by atomic mass is 9.88. The monoisotopic (exact) mass is 547 g/mol. The molecule has 1 aliphatic carbocycles. The number of carbonyl (C=O) groups excluding carboxylic acids is 1. The van der Waals surface area contributed by atoms with Crippen molar-refractivity contribution in [1.29, 1.82) is 0 Å². The SMILES string of the molecule is CC1C=CC(N2C(=O)C(S(=O)CCC(O)c3ccc(F)cc3)C2c2ccc(-c3cccc(O)c3)cc2O)=CC1. The number of phenols is 2. The number of hydrogen-bond acceptors (Lipinski definition) is 5. The van der Waals surface area contributed by atoms with Crippen LogP contribution in [-0.2, 0) is 15.6 Å². The number of hydrogen-bond donors (Lipinski definition) is 3. The Hall–Kier alpha value is -3.75. The molecule has 1 heterocycles. The lowest BCUT2D eigenvalue weighted by molar-refractivity contribution is -0.141. The van der Waals surface area contributed by atoms with Crippen LogP contribution in [0.4, 0.5) is 4.39 Å². The highest BCUT2D eigenvalue weighted by molar-refractivity contribution is 7.86. The summed E-state index contributed by atoms with van der Waals surface area (Å²) in [6.07, 6.45) is 5.84. The summed E-state index contributed by atoms with van der Waals surface area (Å²) in [5.74, 6) is -0.232. The summed E-state index contributed by atoms with van der Waals surface area (Å²) < 4.78 is 26.7. The summed E-state index contributed by atoms with van der Waals surface area (Å²) in [4.78, 5) is 15.0. The first-order valence-corrected chi connectivity index (χ1v) is 14.3. The minimum atomic E-state index is -1.64. The van der Waals surface area contributed by atoms with Crippen LogP contribution < -0.4 is 0 Å². The van der Waals surface area contributed by atoms with Gasteiger partial charge in [-0.1, -0.05) is 55.5 Å². The first kappa shape index (κ1) is 26.8. The molecule has 0 spiro atoms. The zero-order valence-corrected chi connectivity index (χ0v) is 22.2. The van der Waals surface area contributed by atoms with Crippen LogP contribution in [0.15, 0.2) is 90.7 Å². The van der Waals surface area contributed by atoms with Crippen LogP contribution in [0.25, 0.3) is 11.1 Å². The van der Waals surface area contributed by atoms with Gasteiger partial charge in [0.25, 0.3) is 0 Å². The second kappa shape index (κ2) is 11.2. The van der Waals surface area contributed by atoms with Gasteiger partial charge in [0.15, 0.2) is 0 Å². The summed E-state index contributed by atoms with van der Waals surface area (Å²) >= 11 is 0. The van der Waals surface area contributed by atoms with E-state index in [1.165, 1.54) is 24.3 Å². The molecule has 1 aliphatic heterocycles. The molecule has 1 amide bonds. The molecule has 0 bridgehead atoms. The molecule has 3 aromatic carbocycles. The molecule has 39 heavy (non-hydrogen) atoms. The van der Waals surface area contributed by atoms with Gasteiger partial charge in [-0.25, -0.2) is 4.39 Å². The van der Waals surface area contributed by atoms with E-state index < -0.39 is 34.0 Å². The average molecular weight is 548 g/mol. The molecule has 8 heteroatoms. The third-order valence-electron chi connectivity index (χ3n) is 7.28. The van der Waals surface area contributed by atoms with Crippen LogP contribution in [0, 0.1) is 11.7 Å². The number of phenolic OH excluding ortho intramolecular Hbond substituents is 2. The highest BCUT2D eigenvalue weighted by Crippen LogP contribution is 2.46. The molecule has 202 valence electrons. The molecular weight excluding hydrogens is 517 g/mol. The molecule has 6 nitrogen and oxygen atoms in total. The zero-order valence-electron chi connectivity index (χ0n) is 21.4. The van der Waals surface area contributed by atoms with Crippen molar-refractivity contribution in [2.75, 3.05) is 5.75 Å². The van der Waals surface area contributed by atoms with Gasteiger partial charge in [-0.15, -0.1) is 0 Å². The number of benzene rings is 3. The number of rotatable bonds is 8. The summed E-state index contributed by atoms with van der Waals surface area (Å²) in [5, 5.41) is 30.6. The molecule has 1 saturated heterocycles. The van der Waals surface area contributed by atoms with Gasteiger partial charge >= 0.3 is 0 Å². The number of halogens is 1. The van der Waals surface area contributed by atoms with Crippen molar-refractivity contribution in [2.45, 2.75) is 37.2 Å². The smallest absolute Gasteiger partial charge is 0.245 e. The van der Waals surface area contributed by atoms with Crippen molar-refractivity contribution in [3.8, 4) is 22.6 Å². The van der Waals surface area contributed by atoms with Crippen LogP contribution in [-0.4, -0.2) is 41.3 Å². The highest BCUT2D eigenvalue weighted by atomic mass is 32.2. The van der Waals surface area contributed by atoms with Gasteiger partial charge in [-0.3, -0.25) is 9.00 Å². The zero-order chi connectivity index (χ0) is 27.7. The van der Waals surface area contributed by atoms with E-state index in [0.29, 0.717) is 28.3 Å². The van der Waals surface area contributed by atoms with Crippen LogP contribution in [0.2, 0.25) is 0 Å². The first-order chi connectivity index (χ1) is 18.7. The topological polar surface area (TPSA) is 98.1 Å². The number of aliphatic hydroxyl groups is 1. The summed E-state index contributed by atoms with van der Waals surface area (Å²) in [5.41, 5.74) is 3.11. The Kier molecular flexibility index (Phi) is 7.68. The second-order valence-electron chi connectivity index (χ2n) is 10.0. The lowest BCUT2D eigenvalue weighted by Crippen LogP contribution is -2.60. The van der Waals surface area contributed by atoms with Crippen LogP contribution in [0.1, 0.15) is 43.0 Å². The minimum absolute atomic E-state index is 0.0413. The normalized spacial score (nSPS) is 22.2. The van der Waals surface area contributed by atoms with Crippen molar-refractivity contribution in [1.82, 2.24) is 4.90 Å². The Morgan fingerprint density at radius 3 is 2.46 bits per heavy atom. The second-order valence-corrected chi connectivity index (χ2v) is 11.7. The van der Waals surface area contributed by atoms with Gasteiger partial charge < -0.3 is 20.2 Å². The molecule has 1 fully saturated rings. The summed E-state index contributed by atoms with van der Waals surface area (Å²) in [6, 6.07) is 16.6. The maximum Gasteiger partial charge on any atom is 0.245 e. The fraction of sp³-hybridized carbons (Fsp3) is 0.258. The van der Waals surface area contributed by atoms with E-state index in [2.05, 4.69) is 6.92 Å². The molecule has 5 unspecified atom stereocenters. The Balaban J connectivity index is 1.41. The van der Waals surface area contributed by atoms with E-state index >= 15 is 0 Å². The fourth-order valence-electron chi connectivity index (χ4n) is 5.07. The van der Waals surface area contributed by atoms with Gasteiger partial charge in [0.1, 0.15) is 22.6 Å². The Morgan fingerprint density at radius 1 is 1.05 bits per heavy atom. The first-order valence-electron chi connectivity index (χ1n) is 12.9. The molecule has 3 N–H and O–H groups in total.